The summed E-state index contributed by atoms with van der Waals surface area (Å²) in [6.07, 6.45) is 18.9. The Bertz CT molecular complexity index is 6970. The van der Waals surface area contributed by atoms with E-state index in [1.54, 1.807) is 186 Å². The van der Waals surface area contributed by atoms with Gasteiger partial charge in [0, 0.05) is 56.9 Å². The second-order valence-electron chi connectivity index (χ2n) is 40.6. The smallest absolute Gasteiger partial charge is 0.272 e. The number of piperidine rings is 5. The number of hydrogen-bond acceptors (Lipinski definition) is 20. The third-order valence-corrected chi connectivity index (χ3v) is 37.5. The molecule has 147 heavy (non-hydrogen) atoms. The minimum Gasteiger partial charge on any atom is -0.337 e. The molecule has 4 unspecified atom stereocenters. The van der Waals surface area contributed by atoms with Gasteiger partial charge in [0.1, 0.15) is 28.5 Å². The maximum atomic E-state index is 13.4. The molecule has 5 saturated heterocycles. The molecule has 0 radical (unpaired) electrons. The molecule has 11 aromatic rings. The highest BCUT2D eigenvalue weighted by molar-refractivity contribution is 7.91. The predicted octanol–water partition coefficient (Wildman–Crippen LogP) is 22.2. The fourth-order valence-corrected chi connectivity index (χ4v) is 28.4. The second kappa shape index (κ2) is 51.4. The predicted molar refractivity (Wildman–Crippen MR) is 579 cm³/mol. The molecule has 5 aliphatic rings. The van der Waals surface area contributed by atoms with Gasteiger partial charge in [0.05, 0.1) is 87.8 Å². The first kappa shape index (κ1) is 114. The highest BCUT2D eigenvalue weighted by atomic mass is 32.2. The van der Waals surface area contributed by atoms with E-state index in [4.69, 9.17) is 0 Å². The Hall–Kier alpha value is -11.8. The number of amides is 5. The van der Waals surface area contributed by atoms with Crippen molar-refractivity contribution < 1.29 is 66.1 Å². The number of aromatic nitrogens is 5. The van der Waals surface area contributed by atoms with Crippen molar-refractivity contribution in [3.05, 3.63) is 330 Å². The summed E-state index contributed by atoms with van der Waals surface area (Å²) >= 11 is 0. The number of aryl methyl sites for hydroxylation is 10. The van der Waals surface area contributed by atoms with Crippen molar-refractivity contribution in [2.75, 3.05) is 32.7 Å². The van der Waals surface area contributed by atoms with Crippen molar-refractivity contribution in [1.29, 1.82) is 0 Å². The molecular weight excluding hydrogens is 1950 g/mol. The highest BCUT2D eigenvalue weighted by Gasteiger charge is 2.37. The summed E-state index contributed by atoms with van der Waals surface area (Å²) < 4.78 is 129. The molecule has 0 aliphatic carbocycles. The minimum absolute atomic E-state index is 0.0156. The first-order valence-electron chi connectivity index (χ1n) is 51.8. The summed E-state index contributed by atoms with van der Waals surface area (Å²) in [6, 6.07) is 62.7. The Morgan fingerprint density at radius 3 is 0.966 bits per heavy atom. The van der Waals surface area contributed by atoms with Gasteiger partial charge in [-0.25, -0.2) is 67.0 Å². The Balaban J connectivity index is 0.000000163. The molecule has 6 atom stereocenters. The molecule has 5 aliphatic heterocycles. The van der Waals surface area contributed by atoms with Crippen LogP contribution in [-0.4, -0.2) is 178 Å². The van der Waals surface area contributed by atoms with Crippen molar-refractivity contribution in [2.24, 2.45) is 11.8 Å². The molecule has 16 rings (SSSR count). The minimum atomic E-state index is -3.57. The maximum absolute atomic E-state index is 13.4. The Morgan fingerprint density at radius 2 is 0.619 bits per heavy atom. The van der Waals surface area contributed by atoms with E-state index in [0.717, 1.165) is 190 Å². The van der Waals surface area contributed by atoms with Crippen LogP contribution in [0.3, 0.4) is 0 Å². The van der Waals surface area contributed by atoms with Crippen LogP contribution in [0, 0.1) is 81.1 Å². The van der Waals surface area contributed by atoms with Gasteiger partial charge >= 0.3 is 0 Å². The molecule has 0 N–H and O–H groups in total. The summed E-state index contributed by atoms with van der Waals surface area (Å²) in [4.78, 5) is 98.5. The van der Waals surface area contributed by atoms with E-state index in [1.807, 2.05) is 108 Å². The molecule has 6 aromatic carbocycles. The van der Waals surface area contributed by atoms with E-state index in [-0.39, 0.29) is 88.5 Å². The molecule has 0 bridgehead atoms. The number of pyridine rings is 5. The van der Waals surface area contributed by atoms with Crippen LogP contribution in [0.2, 0.25) is 0 Å². The van der Waals surface area contributed by atoms with Gasteiger partial charge < -0.3 is 24.5 Å². The number of hydrogen-bond donors (Lipinski definition) is 0. The van der Waals surface area contributed by atoms with E-state index < -0.39 is 49.2 Å². The van der Waals surface area contributed by atoms with Gasteiger partial charge in [0.25, 0.3) is 29.5 Å². The van der Waals surface area contributed by atoms with Crippen LogP contribution < -0.4 is 0 Å². The highest BCUT2D eigenvalue weighted by Crippen LogP contribution is 2.36. The summed E-state index contributed by atoms with van der Waals surface area (Å²) in [5, 5.41) is 0. The summed E-state index contributed by atoms with van der Waals surface area (Å²) in [5.74, 6) is -0.452. The maximum Gasteiger partial charge on any atom is 0.272 e. The molecule has 5 aromatic heterocycles. The van der Waals surface area contributed by atoms with Gasteiger partial charge in [0.15, 0.2) is 49.2 Å². The fraction of sp³-hybridized carbons (Fsp3) is 0.436. The lowest BCUT2D eigenvalue weighted by atomic mass is 9.91. The van der Waals surface area contributed by atoms with Crippen LogP contribution in [0.5, 0.6) is 0 Å². The summed E-state index contributed by atoms with van der Waals surface area (Å²) in [7, 11) is -17.7. The number of benzene rings is 6. The van der Waals surface area contributed by atoms with E-state index >= 15 is 0 Å². The van der Waals surface area contributed by atoms with Crippen molar-refractivity contribution in [1.82, 2.24) is 49.4 Å². The normalized spacial score (nSPS) is 17.9. The third kappa shape index (κ3) is 30.5. The zero-order valence-corrected chi connectivity index (χ0v) is 92.3. The van der Waals surface area contributed by atoms with Gasteiger partial charge in [-0.15, -0.1) is 0 Å². The van der Waals surface area contributed by atoms with Crippen LogP contribution in [0.15, 0.2) is 237 Å². The number of carbonyl (C=O) groups excluding carboxylic acids is 5. The Morgan fingerprint density at radius 1 is 0.293 bits per heavy atom. The zero-order valence-electron chi connectivity index (χ0n) is 88.2. The van der Waals surface area contributed by atoms with E-state index in [9.17, 15) is 66.1 Å². The van der Waals surface area contributed by atoms with Crippen molar-refractivity contribution in [3.8, 4) is 0 Å². The zero-order chi connectivity index (χ0) is 106. The van der Waals surface area contributed by atoms with Crippen molar-refractivity contribution >= 4 is 78.7 Å². The monoisotopic (exact) mass is 2090 g/mol. The number of rotatable bonds is 26. The largest absolute Gasteiger partial charge is 0.337 e. The number of likely N-dealkylation sites (tertiary alicyclic amines) is 5. The summed E-state index contributed by atoms with van der Waals surface area (Å²) in [5.41, 5.74) is 13.4. The van der Waals surface area contributed by atoms with Gasteiger partial charge in [-0.05, 0) is 316 Å². The molecule has 0 saturated carbocycles. The Kier molecular flexibility index (Phi) is 39.8. The molecule has 30 heteroatoms. The molecule has 784 valence electrons. The average molecular weight is 2090 g/mol. The van der Waals surface area contributed by atoms with Crippen LogP contribution >= 0.6 is 0 Å². The van der Waals surface area contributed by atoms with Gasteiger partial charge in [0.2, 0.25) is 0 Å². The average Bonchev–Trinajstić information content (AvgIpc) is 0.798. The first-order valence-corrected chi connectivity index (χ1v) is 60.0. The third-order valence-electron chi connectivity index (χ3n) is 28.4. The van der Waals surface area contributed by atoms with Crippen LogP contribution in [-0.2, 0) is 78.0 Å². The molecular formula is C117H146N10O15S5. The quantitative estimate of drug-likeness (QED) is 0.0486. The molecule has 0 spiro atoms. The van der Waals surface area contributed by atoms with Crippen LogP contribution in [0.1, 0.15) is 305 Å². The van der Waals surface area contributed by atoms with E-state index in [2.05, 4.69) is 78.6 Å². The summed E-state index contributed by atoms with van der Waals surface area (Å²) in [6.45, 7) is 35.0. The number of carbonyl (C=O) groups is 5. The van der Waals surface area contributed by atoms with Gasteiger partial charge in [-0.1, -0.05) is 196 Å². The second-order valence-corrected chi connectivity index (χ2v) is 50.4. The first-order chi connectivity index (χ1) is 69.9. The lowest BCUT2D eigenvalue weighted by molar-refractivity contribution is 0.0502. The topological polar surface area (TPSA) is 337 Å². The lowest BCUT2D eigenvalue weighted by Gasteiger charge is -2.38. The van der Waals surface area contributed by atoms with Crippen LogP contribution in [0.4, 0.5) is 0 Å². The number of sulfone groups is 5. The van der Waals surface area contributed by atoms with Gasteiger partial charge in [-0.3, -0.25) is 24.0 Å². The fourth-order valence-electron chi connectivity index (χ4n) is 20.8. The van der Waals surface area contributed by atoms with Gasteiger partial charge in [-0.2, -0.15) is 0 Å². The van der Waals surface area contributed by atoms with E-state index in [1.165, 1.54) is 12.8 Å². The number of nitrogens with zero attached hydrogens (tertiary/aromatic N) is 10. The van der Waals surface area contributed by atoms with Crippen LogP contribution in [0.25, 0.3) is 0 Å². The molecule has 5 amide bonds. The van der Waals surface area contributed by atoms with Crippen molar-refractivity contribution in [3.63, 3.8) is 0 Å². The molecule has 10 heterocycles. The molecule has 25 nitrogen and oxygen atoms in total. The van der Waals surface area contributed by atoms with E-state index in [0.29, 0.717) is 99.8 Å². The SMILES string of the molecule is CCC1CCC(C)N(C(=O)c2cccc(CS(=O)(=O)c3ccc(C)cc3C)n2)C1.CCCC1CCCCN1C(=O)c1cccc(CS(=O)(=O)c2ccc(C)cc2C)n1.CCCC1CCN(C(=O)c2cccc(CS(=O)(=O)c3ccc(C)cc3C)n2)CC1.Cc1ccc(S(=O)(=O)Cc2cccc(C(=O)N3CCCCC3c3ccccc3)n2)c(C)c1.Cc1ccc(S(=O)(=O)Cc2cccc(C(=O)N3[C@H](C)CCC[C@@H]3C)n2)c(C)c1. The van der Waals surface area contributed by atoms with Crippen molar-refractivity contribution in [2.45, 2.75) is 310 Å². The lowest BCUT2D eigenvalue weighted by Crippen LogP contribution is -2.47. The standard InChI is InChI=1S/C26H28N2O3S.3C23H30N2O3S.C22H28N2O3S/c1-19-14-15-25(20(2)17-19)32(30,31)18-22-11-8-12-23(27-22)26(29)28-16-7-6-13-24(28)21-9-4-3-5-10-21;1-5-19-11-10-18(4)25(14-19)23(26)21-8-6-7-20(24-21)15-29(27,28)22-12-9-16(2)13-17(22)3;1-4-8-20-10-5-6-14-25(20)23(26)21-11-7-9-19(24-21)16-29(27,28)22-13-12-17(2)15-18(22)3;1-4-6-19-11-13-25(14-12-19)23(26)21-8-5-7-20(24-21)16-29(27,28)22-10-9-17(2)15-18(22)3;1-15-11-12-21(16(2)13-15)28(26,27)14-19-9-6-10-20(23-19)22(25)24-17(3)7-5-8-18(24)4/h3-5,8-12,14-15,17,24H,6-7,13,16,18H2,1-2H3;6-9,12-13,18-19H,5,10-11,14-15H2,1-4H3;7,9,11-13,15,20H,4-6,8,10,14,16H2,1-3H3;5,7-10,15,19H,4,6,11-14,16H2,1-3H3;6,9-13,17-18H,5,7-8,14H2,1-4H3/t;;;;17-,18+. The molecule has 5 fully saturated rings. The Labute approximate surface area is 872 Å².